The van der Waals surface area contributed by atoms with Gasteiger partial charge in [-0.1, -0.05) is 17.7 Å². The zero-order valence-corrected chi connectivity index (χ0v) is 10.2. The zero-order chi connectivity index (χ0) is 12.8. The minimum atomic E-state index is -2.84. The Morgan fingerprint density at radius 1 is 1.53 bits per heavy atom. The molecule has 1 atom stereocenters. The Bertz CT molecular complexity index is 385. The van der Waals surface area contributed by atoms with E-state index in [-0.39, 0.29) is 11.8 Å². The van der Waals surface area contributed by atoms with Gasteiger partial charge in [0.25, 0.3) is 0 Å². The Balaban J connectivity index is 2.79. The van der Waals surface area contributed by atoms with Crippen molar-refractivity contribution < 1.29 is 13.5 Å². The van der Waals surface area contributed by atoms with Crippen molar-refractivity contribution in [2.45, 2.75) is 26.1 Å². The molecule has 1 aromatic carbocycles. The monoisotopic (exact) mass is 261 g/mol. The molecule has 0 bridgehead atoms. The van der Waals surface area contributed by atoms with E-state index in [4.69, 9.17) is 11.6 Å². The van der Waals surface area contributed by atoms with Gasteiger partial charge >= 0.3 is 6.61 Å². The summed E-state index contributed by atoms with van der Waals surface area (Å²) in [5.41, 5.74) is 0.589. The number of halogens is 3. The van der Waals surface area contributed by atoms with Gasteiger partial charge in [-0.25, -0.2) is 0 Å². The van der Waals surface area contributed by atoms with E-state index >= 15 is 0 Å². The van der Waals surface area contributed by atoms with Crippen LogP contribution in [0.5, 0.6) is 5.75 Å². The highest BCUT2D eigenvalue weighted by atomic mass is 35.5. The molecular formula is C12H14ClF2NO. The maximum atomic E-state index is 12.2. The quantitative estimate of drug-likeness (QED) is 0.790. The van der Waals surface area contributed by atoms with Crippen LogP contribution in [0.3, 0.4) is 0 Å². The number of ether oxygens (including phenoxy) is 1. The van der Waals surface area contributed by atoms with Gasteiger partial charge in [0.15, 0.2) is 0 Å². The van der Waals surface area contributed by atoms with E-state index in [1.807, 2.05) is 6.92 Å². The Hall–Kier alpha value is -1.13. The molecule has 17 heavy (non-hydrogen) atoms. The van der Waals surface area contributed by atoms with Crippen molar-refractivity contribution in [3.8, 4) is 5.75 Å². The molecule has 0 fully saturated rings. The summed E-state index contributed by atoms with van der Waals surface area (Å²) in [5.74, 6) is 0.133. The molecule has 0 heterocycles. The SMILES string of the molecule is C=CC(C)NCc1cc(Cl)ccc1OC(F)F. The van der Waals surface area contributed by atoms with Gasteiger partial charge in [-0.3, -0.25) is 0 Å². The Morgan fingerprint density at radius 3 is 2.82 bits per heavy atom. The molecule has 5 heteroatoms. The highest BCUT2D eigenvalue weighted by molar-refractivity contribution is 6.30. The number of hydrogen-bond donors (Lipinski definition) is 1. The van der Waals surface area contributed by atoms with E-state index < -0.39 is 6.61 Å². The summed E-state index contributed by atoms with van der Waals surface area (Å²) < 4.78 is 28.8. The van der Waals surface area contributed by atoms with Gasteiger partial charge in [0, 0.05) is 23.2 Å². The first-order chi connectivity index (χ1) is 8.02. The molecule has 0 spiro atoms. The van der Waals surface area contributed by atoms with E-state index in [2.05, 4.69) is 16.6 Å². The van der Waals surface area contributed by atoms with Gasteiger partial charge in [-0.2, -0.15) is 8.78 Å². The van der Waals surface area contributed by atoms with Crippen LogP contribution in [0.2, 0.25) is 5.02 Å². The molecular weight excluding hydrogens is 248 g/mol. The van der Waals surface area contributed by atoms with Crippen molar-refractivity contribution in [3.05, 3.63) is 41.4 Å². The smallest absolute Gasteiger partial charge is 0.387 e. The van der Waals surface area contributed by atoms with Gasteiger partial charge in [-0.15, -0.1) is 6.58 Å². The lowest BCUT2D eigenvalue weighted by molar-refractivity contribution is -0.0505. The molecule has 0 aliphatic carbocycles. The maximum absolute atomic E-state index is 12.2. The van der Waals surface area contributed by atoms with Crippen LogP contribution in [0, 0.1) is 0 Å². The van der Waals surface area contributed by atoms with E-state index in [9.17, 15) is 8.78 Å². The highest BCUT2D eigenvalue weighted by Gasteiger charge is 2.10. The fourth-order valence-corrected chi connectivity index (χ4v) is 1.45. The summed E-state index contributed by atoms with van der Waals surface area (Å²) in [4.78, 5) is 0. The largest absolute Gasteiger partial charge is 0.434 e. The third-order valence-electron chi connectivity index (χ3n) is 2.21. The molecule has 0 amide bonds. The Labute approximate surface area is 104 Å². The van der Waals surface area contributed by atoms with Crippen LogP contribution in [0.1, 0.15) is 12.5 Å². The lowest BCUT2D eigenvalue weighted by atomic mass is 10.2. The van der Waals surface area contributed by atoms with Crippen LogP contribution in [0.4, 0.5) is 8.78 Å². The molecule has 1 N–H and O–H groups in total. The number of nitrogens with one attached hydrogen (secondary N) is 1. The summed E-state index contributed by atoms with van der Waals surface area (Å²) in [5, 5.41) is 3.57. The second-order valence-electron chi connectivity index (χ2n) is 3.54. The molecule has 94 valence electrons. The Kier molecular flexibility index (Phi) is 5.38. The minimum Gasteiger partial charge on any atom is -0.434 e. The van der Waals surface area contributed by atoms with Crippen molar-refractivity contribution in [3.63, 3.8) is 0 Å². The number of alkyl halides is 2. The molecule has 2 nitrogen and oxygen atoms in total. The van der Waals surface area contributed by atoms with Crippen molar-refractivity contribution in [1.82, 2.24) is 5.32 Å². The molecule has 0 aromatic heterocycles. The topological polar surface area (TPSA) is 21.3 Å². The van der Waals surface area contributed by atoms with Crippen LogP contribution >= 0.6 is 11.6 Å². The summed E-state index contributed by atoms with van der Waals surface area (Å²) in [6.07, 6.45) is 1.72. The molecule has 0 radical (unpaired) electrons. The van der Waals surface area contributed by atoms with Gasteiger partial charge < -0.3 is 10.1 Å². The van der Waals surface area contributed by atoms with Gasteiger partial charge in [0.2, 0.25) is 0 Å². The molecule has 1 unspecified atom stereocenters. The van der Waals surface area contributed by atoms with E-state index in [1.165, 1.54) is 12.1 Å². The van der Waals surface area contributed by atoms with Crippen LogP contribution in [0.25, 0.3) is 0 Å². The molecule has 1 aromatic rings. The fourth-order valence-electron chi connectivity index (χ4n) is 1.25. The zero-order valence-electron chi connectivity index (χ0n) is 9.42. The van der Waals surface area contributed by atoms with Gasteiger partial charge in [0.1, 0.15) is 5.75 Å². The standard InChI is InChI=1S/C12H14ClF2NO/c1-3-8(2)16-7-9-6-10(13)4-5-11(9)17-12(14)15/h3-6,8,12,16H,1,7H2,2H3. The summed E-state index contributed by atoms with van der Waals surface area (Å²) >= 11 is 5.81. The van der Waals surface area contributed by atoms with Crippen molar-refractivity contribution in [2.24, 2.45) is 0 Å². The minimum absolute atomic E-state index is 0.0772. The first kappa shape index (κ1) is 13.9. The van der Waals surface area contributed by atoms with Crippen LogP contribution in [-0.2, 0) is 6.54 Å². The Morgan fingerprint density at radius 2 is 2.24 bits per heavy atom. The summed E-state index contributed by atoms with van der Waals surface area (Å²) in [6, 6.07) is 4.62. The molecule has 0 saturated carbocycles. The molecule has 0 saturated heterocycles. The van der Waals surface area contributed by atoms with Crippen LogP contribution < -0.4 is 10.1 Å². The third kappa shape index (κ3) is 4.71. The van der Waals surface area contributed by atoms with Crippen molar-refractivity contribution in [2.75, 3.05) is 0 Å². The summed E-state index contributed by atoms with van der Waals surface area (Å²) in [7, 11) is 0. The molecule has 1 rings (SSSR count). The van der Waals surface area contributed by atoms with Crippen LogP contribution in [-0.4, -0.2) is 12.7 Å². The molecule has 0 aliphatic heterocycles. The number of benzene rings is 1. The van der Waals surface area contributed by atoms with E-state index in [0.717, 1.165) is 0 Å². The van der Waals surface area contributed by atoms with Crippen molar-refractivity contribution >= 4 is 11.6 Å². The van der Waals surface area contributed by atoms with E-state index in [1.54, 1.807) is 12.1 Å². The first-order valence-electron chi connectivity index (χ1n) is 5.12. The van der Waals surface area contributed by atoms with E-state index in [0.29, 0.717) is 17.1 Å². The third-order valence-corrected chi connectivity index (χ3v) is 2.44. The fraction of sp³-hybridized carbons (Fsp3) is 0.333. The van der Waals surface area contributed by atoms with Gasteiger partial charge in [-0.05, 0) is 25.1 Å². The lowest BCUT2D eigenvalue weighted by Crippen LogP contribution is -2.23. The maximum Gasteiger partial charge on any atom is 0.387 e. The normalized spacial score (nSPS) is 12.5. The van der Waals surface area contributed by atoms with Gasteiger partial charge in [0.05, 0.1) is 0 Å². The predicted octanol–water partition coefficient (Wildman–Crippen LogP) is 3.61. The van der Waals surface area contributed by atoms with Crippen molar-refractivity contribution in [1.29, 1.82) is 0 Å². The molecule has 0 aliphatic rings. The lowest BCUT2D eigenvalue weighted by Gasteiger charge is -2.13. The predicted molar refractivity (Wildman–Crippen MR) is 64.6 cm³/mol. The first-order valence-corrected chi connectivity index (χ1v) is 5.50. The summed E-state index contributed by atoms with van der Waals surface area (Å²) in [6.45, 7) is 3.07. The van der Waals surface area contributed by atoms with Crippen LogP contribution in [0.15, 0.2) is 30.9 Å². The number of hydrogen-bond acceptors (Lipinski definition) is 2. The number of rotatable bonds is 6. The second-order valence-corrected chi connectivity index (χ2v) is 3.97. The average molecular weight is 262 g/mol. The second kappa shape index (κ2) is 6.57. The highest BCUT2D eigenvalue weighted by Crippen LogP contribution is 2.24. The average Bonchev–Trinajstić information content (AvgIpc) is 2.28.